The largest absolute Gasteiger partial charge is 0.346 e. The van der Waals surface area contributed by atoms with Crippen molar-refractivity contribution in [3.05, 3.63) is 0 Å². The van der Waals surface area contributed by atoms with E-state index >= 15 is 0 Å². The van der Waals surface area contributed by atoms with Crippen molar-refractivity contribution in [3.63, 3.8) is 0 Å². The van der Waals surface area contributed by atoms with Crippen LogP contribution in [0.2, 0.25) is 0 Å². The number of hydrogen-bond donors (Lipinski definition) is 2. The zero-order valence-electron chi connectivity index (χ0n) is 10.8. The minimum absolute atomic E-state index is 0.0427. The maximum atomic E-state index is 11.7. The number of nitrogens with one attached hydrogen (secondary N) is 2. The number of amides is 2. The van der Waals surface area contributed by atoms with Gasteiger partial charge in [-0.2, -0.15) is 0 Å². The van der Waals surface area contributed by atoms with Crippen LogP contribution >= 0.6 is 0 Å². The highest BCUT2D eigenvalue weighted by Gasteiger charge is 2.19. The topological polar surface area (TPSA) is 64.7 Å². The molecule has 18 heavy (non-hydrogen) atoms. The molecular weight excluding hydrogens is 232 g/mol. The highest BCUT2D eigenvalue weighted by molar-refractivity contribution is 5.85. The number of carbonyl (C=O) groups is 2. The van der Waals surface area contributed by atoms with E-state index in [4.69, 9.17) is 0 Å². The maximum Gasteiger partial charge on any atom is 0.241 e. The normalized spacial score (nSPS) is 21.0. The lowest BCUT2D eigenvalue weighted by molar-refractivity contribution is -0.132. The van der Waals surface area contributed by atoms with Crippen LogP contribution in [0.25, 0.3) is 0 Å². The van der Waals surface area contributed by atoms with Crippen molar-refractivity contribution in [2.24, 2.45) is 0 Å². The van der Waals surface area contributed by atoms with E-state index in [9.17, 15) is 9.59 Å². The number of likely N-dealkylation sites (tertiary alicyclic amines) is 1. The molecule has 2 aliphatic heterocycles. The zero-order chi connectivity index (χ0) is 12.8. The van der Waals surface area contributed by atoms with Gasteiger partial charge < -0.3 is 15.5 Å². The third-order valence-electron chi connectivity index (χ3n) is 3.47. The average Bonchev–Trinajstić information content (AvgIpc) is 2.91. The summed E-state index contributed by atoms with van der Waals surface area (Å²) >= 11 is 0. The van der Waals surface area contributed by atoms with Crippen LogP contribution in [0.1, 0.15) is 12.8 Å². The second-order valence-electron chi connectivity index (χ2n) is 4.89. The van der Waals surface area contributed by atoms with Crippen molar-refractivity contribution in [2.45, 2.75) is 12.8 Å². The lowest BCUT2D eigenvalue weighted by Crippen LogP contribution is -2.48. The van der Waals surface area contributed by atoms with E-state index in [2.05, 4.69) is 15.5 Å². The molecule has 102 valence electrons. The first-order valence-electron chi connectivity index (χ1n) is 6.73. The summed E-state index contributed by atoms with van der Waals surface area (Å²) in [6.07, 6.45) is 2.17. The van der Waals surface area contributed by atoms with Gasteiger partial charge in [-0.1, -0.05) is 0 Å². The van der Waals surface area contributed by atoms with Gasteiger partial charge >= 0.3 is 0 Å². The SMILES string of the molecule is O=C(CN1CCNCC1)NCC(=O)N1CCCC1. The lowest BCUT2D eigenvalue weighted by Gasteiger charge is -2.26. The van der Waals surface area contributed by atoms with Crippen molar-refractivity contribution < 1.29 is 9.59 Å². The maximum absolute atomic E-state index is 11.7. The Labute approximate surface area is 108 Å². The number of piperazine rings is 1. The van der Waals surface area contributed by atoms with Crippen molar-refractivity contribution in [1.82, 2.24) is 20.4 Å². The molecule has 0 spiro atoms. The van der Waals surface area contributed by atoms with E-state index in [0.717, 1.165) is 52.1 Å². The van der Waals surface area contributed by atoms with E-state index in [-0.39, 0.29) is 18.4 Å². The summed E-state index contributed by atoms with van der Waals surface area (Å²) in [5.41, 5.74) is 0. The monoisotopic (exact) mass is 254 g/mol. The van der Waals surface area contributed by atoms with E-state index in [1.165, 1.54) is 0 Å². The first kappa shape index (κ1) is 13.3. The van der Waals surface area contributed by atoms with Crippen LogP contribution in [0, 0.1) is 0 Å². The Morgan fingerprint density at radius 3 is 2.39 bits per heavy atom. The molecule has 0 bridgehead atoms. The molecule has 6 nitrogen and oxygen atoms in total. The number of hydrogen-bond acceptors (Lipinski definition) is 4. The number of carbonyl (C=O) groups excluding carboxylic acids is 2. The number of nitrogens with zero attached hydrogens (tertiary/aromatic N) is 2. The highest BCUT2D eigenvalue weighted by atomic mass is 16.2. The fraction of sp³-hybridized carbons (Fsp3) is 0.833. The summed E-state index contributed by atoms with van der Waals surface area (Å²) in [5, 5.41) is 5.96. The molecule has 0 unspecified atom stereocenters. The molecule has 2 heterocycles. The Hall–Kier alpha value is -1.14. The fourth-order valence-electron chi connectivity index (χ4n) is 2.38. The molecule has 0 radical (unpaired) electrons. The molecule has 0 aliphatic carbocycles. The van der Waals surface area contributed by atoms with Gasteiger partial charge in [0.25, 0.3) is 0 Å². The number of rotatable bonds is 4. The van der Waals surface area contributed by atoms with E-state index in [1.54, 1.807) is 0 Å². The summed E-state index contributed by atoms with van der Waals surface area (Å²) in [7, 11) is 0. The molecule has 2 amide bonds. The Balaban J connectivity index is 1.63. The average molecular weight is 254 g/mol. The summed E-state index contributed by atoms with van der Waals surface area (Å²) in [4.78, 5) is 27.3. The van der Waals surface area contributed by atoms with Gasteiger partial charge in [0.15, 0.2) is 0 Å². The summed E-state index contributed by atoms with van der Waals surface area (Å²) in [6, 6.07) is 0. The molecule has 0 aromatic carbocycles. The van der Waals surface area contributed by atoms with Crippen LogP contribution in [0.3, 0.4) is 0 Å². The highest BCUT2D eigenvalue weighted by Crippen LogP contribution is 2.06. The van der Waals surface area contributed by atoms with Crippen LogP contribution in [0.15, 0.2) is 0 Å². The second kappa shape index (κ2) is 6.70. The lowest BCUT2D eigenvalue weighted by atomic mass is 10.3. The minimum atomic E-state index is -0.0514. The predicted octanol–water partition coefficient (Wildman–Crippen LogP) is -1.37. The smallest absolute Gasteiger partial charge is 0.241 e. The first-order chi connectivity index (χ1) is 8.75. The van der Waals surface area contributed by atoms with E-state index < -0.39 is 0 Å². The van der Waals surface area contributed by atoms with Crippen LogP contribution in [0.5, 0.6) is 0 Å². The van der Waals surface area contributed by atoms with Gasteiger partial charge in [-0.05, 0) is 12.8 Å². The van der Waals surface area contributed by atoms with Crippen molar-refractivity contribution in [2.75, 3.05) is 52.4 Å². The summed E-state index contributed by atoms with van der Waals surface area (Å²) in [6.45, 7) is 5.87. The third kappa shape index (κ3) is 3.96. The quantitative estimate of drug-likeness (QED) is 0.650. The third-order valence-corrected chi connectivity index (χ3v) is 3.47. The Morgan fingerprint density at radius 1 is 1.06 bits per heavy atom. The second-order valence-corrected chi connectivity index (χ2v) is 4.89. The van der Waals surface area contributed by atoms with Crippen LogP contribution in [-0.4, -0.2) is 74.0 Å². The molecule has 0 aromatic rings. The molecule has 0 saturated carbocycles. The van der Waals surface area contributed by atoms with E-state index in [1.807, 2.05) is 4.90 Å². The van der Waals surface area contributed by atoms with Gasteiger partial charge in [0.05, 0.1) is 13.1 Å². The molecule has 2 N–H and O–H groups in total. The Bertz CT molecular complexity index is 296. The first-order valence-corrected chi connectivity index (χ1v) is 6.73. The fourth-order valence-corrected chi connectivity index (χ4v) is 2.38. The molecular formula is C12H22N4O2. The molecule has 6 heteroatoms. The Kier molecular flexibility index (Phi) is 4.95. The molecule has 0 aromatic heterocycles. The molecule has 2 aliphatic rings. The predicted molar refractivity (Wildman–Crippen MR) is 68.1 cm³/mol. The van der Waals surface area contributed by atoms with Crippen LogP contribution in [0.4, 0.5) is 0 Å². The van der Waals surface area contributed by atoms with Gasteiger partial charge in [0, 0.05) is 39.3 Å². The van der Waals surface area contributed by atoms with Gasteiger partial charge in [-0.3, -0.25) is 14.5 Å². The summed E-state index contributed by atoms with van der Waals surface area (Å²) in [5.74, 6) is -0.00870. The van der Waals surface area contributed by atoms with Gasteiger partial charge in [-0.25, -0.2) is 0 Å². The minimum Gasteiger partial charge on any atom is -0.346 e. The Morgan fingerprint density at radius 2 is 1.72 bits per heavy atom. The van der Waals surface area contributed by atoms with Gasteiger partial charge in [0.1, 0.15) is 0 Å². The van der Waals surface area contributed by atoms with Crippen molar-refractivity contribution in [3.8, 4) is 0 Å². The zero-order valence-corrected chi connectivity index (χ0v) is 10.8. The van der Waals surface area contributed by atoms with Gasteiger partial charge in [-0.15, -0.1) is 0 Å². The van der Waals surface area contributed by atoms with Gasteiger partial charge in [0.2, 0.25) is 11.8 Å². The standard InChI is InChI=1S/C12H22N4O2/c17-11(10-15-7-3-13-4-8-15)14-9-12(18)16-5-1-2-6-16/h13H,1-10H2,(H,14,17). The van der Waals surface area contributed by atoms with Crippen LogP contribution < -0.4 is 10.6 Å². The molecule has 2 saturated heterocycles. The van der Waals surface area contributed by atoms with Crippen molar-refractivity contribution >= 4 is 11.8 Å². The molecule has 0 atom stereocenters. The van der Waals surface area contributed by atoms with E-state index in [0.29, 0.717) is 6.54 Å². The van der Waals surface area contributed by atoms with Crippen LogP contribution in [-0.2, 0) is 9.59 Å². The molecule has 2 fully saturated rings. The summed E-state index contributed by atoms with van der Waals surface area (Å²) < 4.78 is 0. The van der Waals surface area contributed by atoms with Crippen molar-refractivity contribution in [1.29, 1.82) is 0 Å². The molecule has 2 rings (SSSR count).